The third-order valence-electron chi connectivity index (χ3n) is 8.88. The van der Waals surface area contributed by atoms with Crippen LogP contribution in [0, 0.1) is 0 Å². The van der Waals surface area contributed by atoms with Crippen LogP contribution in [0.2, 0.25) is 0 Å². The summed E-state index contributed by atoms with van der Waals surface area (Å²) in [6.07, 6.45) is 8.15. The smallest absolute Gasteiger partial charge is 0.123 e. The van der Waals surface area contributed by atoms with Crippen molar-refractivity contribution in [3.8, 4) is 22.3 Å². The second kappa shape index (κ2) is 14.6. The van der Waals surface area contributed by atoms with E-state index in [2.05, 4.69) is 89.9 Å². The number of allylic oxidation sites excluding steroid dienone is 4. The molecule has 5 aromatic carbocycles. The topological polar surface area (TPSA) is 28.1 Å². The SMILES string of the molecule is CC.CN=C(c1ccccc1)c1[nH]c2c(c1-c1cc(/C(=C/C=C\F)C(C)F)cc(-c3cc4ccccc4c4ccccc34)c1)C=CCC2. The molecule has 0 spiro atoms. The van der Waals surface area contributed by atoms with E-state index >= 15 is 4.39 Å². The molecule has 4 heteroatoms. The predicted octanol–water partition coefficient (Wildman–Crippen LogP) is 12.3. The zero-order valence-corrected chi connectivity index (χ0v) is 27.9. The summed E-state index contributed by atoms with van der Waals surface area (Å²) in [4.78, 5) is 8.52. The second-order valence-electron chi connectivity index (χ2n) is 11.7. The number of nitrogens with zero attached hydrogens (tertiary/aromatic N) is 1. The number of alkyl halides is 1. The Kier molecular flexibility index (Phi) is 9.91. The quantitative estimate of drug-likeness (QED) is 0.103. The van der Waals surface area contributed by atoms with Crippen molar-refractivity contribution in [3.05, 3.63) is 156 Å². The normalized spacial score (nSPS) is 13.9. The number of aliphatic imine (C=N–C) groups is 1. The molecule has 240 valence electrons. The lowest BCUT2D eigenvalue weighted by molar-refractivity contribution is 0.442. The van der Waals surface area contributed by atoms with Gasteiger partial charge in [0, 0.05) is 29.4 Å². The number of rotatable bonds is 7. The molecule has 1 aliphatic carbocycles. The van der Waals surface area contributed by atoms with E-state index in [-0.39, 0.29) is 0 Å². The van der Waals surface area contributed by atoms with Crippen LogP contribution in [-0.2, 0) is 6.42 Å². The monoisotopic (exact) mass is 634 g/mol. The summed E-state index contributed by atoms with van der Waals surface area (Å²) in [5, 5.41) is 4.58. The Morgan fingerprint density at radius 3 is 2.23 bits per heavy atom. The molecule has 1 heterocycles. The van der Waals surface area contributed by atoms with E-state index in [4.69, 9.17) is 4.99 Å². The van der Waals surface area contributed by atoms with E-state index in [0.29, 0.717) is 17.5 Å². The number of H-pyrrole nitrogens is 1. The van der Waals surface area contributed by atoms with E-state index < -0.39 is 6.17 Å². The number of aryl methyl sites for hydroxylation is 1. The number of nitrogens with one attached hydrogen (secondary N) is 1. The zero-order chi connectivity index (χ0) is 33.6. The van der Waals surface area contributed by atoms with Crippen LogP contribution in [0.4, 0.5) is 8.78 Å². The number of aromatic nitrogens is 1. The maximum atomic E-state index is 15.3. The van der Waals surface area contributed by atoms with Crippen LogP contribution in [0.1, 0.15) is 55.3 Å². The molecule has 6 aromatic rings. The highest BCUT2D eigenvalue weighted by atomic mass is 19.1. The minimum absolute atomic E-state index is 0.413. The fourth-order valence-electron chi connectivity index (χ4n) is 6.82. The second-order valence-corrected chi connectivity index (χ2v) is 11.7. The predicted molar refractivity (Wildman–Crippen MR) is 202 cm³/mol. The summed E-state index contributed by atoms with van der Waals surface area (Å²) in [7, 11) is 1.82. The summed E-state index contributed by atoms with van der Waals surface area (Å²) < 4.78 is 28.6. The van der Waals surface area contributed by atoms with E-state index in [9.17, 15) is 4.39 Å². The maximum Gasteiger partial charge on any atom is 0.123 e. The molecule has 7 rings (SSSR count). The first-order valence-electron chi connectivity index (χ1n) is 16.7. The highest BCUT2D eigenvalue weighted by Gasteiger charge is 2.24. The van der Waals surface area contributed by atoms with Crippen LogP contribution >= 0.6 is 0 Å². The van der Waals surface area contributed by atoms with Gasteiger partial charge in [-0.25, -0.2) is 8.78 Å². The van der Waals surface area contributed by atoms with Crippen LogP contribution in [0.15, 0.2) is 133 Å². The van der Waals surface area contributed by atoms with Crippen LogP contribution < -0.4 is 0 Å². The summed E-state index contributed by atoms with van der Waals surface area (Å²) >= 11 is 0. The summed E-state index contributed by atoms with van der Waals surface area (Å²) in [5.74, 6) is 0. The molecule has 0 saturated heterocycles. The Bertz CT molecular complexity index is 2200. The third-order valence-corrected chi connectivity index (χ3v) is 8.88. The van der Waals surface area contributed by atoms with Crippen LogP contribution in [-0.4, -0.2) is 23.9 Å². The first kappa shape index (κ1) is 32.6. The van der Waals surface area contributed by atoms with E-state index in [1.807, 2.05) is 51.2 Å². The van der Waals surface area contributed by atoms with Crippen molar-refractivity contribution in [2.45, 2.75) is 39.8 Å². The van der Waals surface area contributed by atoms with Gasteiger partial charge in [0.25, 0.3) is 0 Å². The number of hydrogen-bond donors (Lipinski definition) is 1. The van der Waals surface area contributed by atoms with E-state index in [1.165, 1.54) is 24.5 Å². The molecule has 1 N–H and O–H groups in total. The van der Waals surface area contributed by atoms with Gasteiger partial charge in [0.1, 0.15) is 6.17 Å². The summed E-state index contributed by atoms with van der Waals surface area (Å²) in [6, 6.07) is 35.5. The molecule has 0 radical (unpaired) electrons. The van der Waals surface area contributed by atoms with Crippen molar-refractivity contribution in [1.29, 1.82) is 0 Å². The van der Waals surface area contributed by atoms with Crippen molar-refractivity contribution in [1.82, 2.24) is 4.98 Å². The van der Waals surface area contributed by atoms with Gasteiger partial charge in [-0.2, -0.15) is 0 Å². The lowest BCUT2D eigenvalue weighted by Gasteiger charge is -2.18. The number of benzene rings is 5. The molecular formula is C44H40F2N2. The van der Waals surface area contributed by atoms with Gasteiger partial charge in [-0.05, 0) is 99.5 Å². The average molecular weight is 635 g/mol. The summed E-state index contributed by atoms with van der Waals surface area (Å²) in [6.45, 7) is 5.50. The number of hydrogen-bond acceptors (Lipinski definition) is 1. The Morgan fingerprint density at radius 2 is 1.50 bits per heavy atom. The lowest BCUT2D eigenvalue weighted by atomic mass is 9.86. The largest absolute Gasteiger partial charge is 0.356 e. The number of fused-ring (bicyclic) bond motifs is 4. The first-order valence-corrected chi connectivity index (χ1v) is 16.7. The Hall–Kier alpha value is -5.35. The average Bonchev–Trinajstić information content (AvgIpc) is 3.52. The molecule has 0 aliphatic heterocycles. The fraction of sp³-hybridized carbons (Fsp3) is 0.159. The van der Waals surface area contributed by atoms with E-state index in [1.54, 1.807) is 0 Å². The molecule has 1 unspecified atom stereocenters. The number of halogens is 2. The van der Waals surface area contributed by atoms with Crippen LogP contribution in [0.25, 0.3) is 55.4 Å². The third kappa shape index (κ3) is 6.18. The Balaban J connectivity index is 0.00000197. The van der Waals surface area contributed by atoms with Crippen molar-refractivity contribution in [3.63, 3.8) is 0 Å². The van der Waals surface area contributed by atoms with Gasteiger partial charge in [-0.15, -0.1) is 0 Å². The highest BCUT2D eigenvalue weighted by Crippen LogP contribution is 2.42. The minimum atomic E-state index is -1.32. The molecule has 0 fully saturated rings. The van der Waals surface area contributed by atoms with Gasteiger partial charge in [-0.3, -0.25) is 4.99 Å². The van der Waals surface area contributed by atoms with Gasteiger partial charge in [0.2, 0.25) is 0 Å². The molecule has 0 saturated carbocycles. The van der Waals surface area contributed by atoms with Crippen molar-refractivity contribution in [2.24, 2.45) is 4.99 Å². The number of aromatic amines is 1. The first-order chi connectivity index (χ1) is 23.6. The van der Waals surface area contributed by atoms with Crippen molar-refractivity contribution >= 4 is 38.9 Å². The minimum Gasteiger partial charge on any atom is -0.356 e. The molecule has 1 atom stereocenters. The fourth-order valence-corrected chi connectivity index (χ4v) is 6.82. The zero-order valence-electron chi connectivity index (χ0n) is 27.9. The Morgan fingerprint density at radius 1 is 0.812 bits per heavy atom. The molecular weight excluding hydrogens is 594 g/mol. The van der Waals surface area contributed by atoms with E-state index in [0.717, 1.165) is 79.5 Å². The molecule has 0 bridgehead atoms. The molecule has 1 aliphatic rings. The van der Waals surface area contributed by atoms with Gasteiger partial charge >= 0.3 is 0 Å². The maximum absolute atomic E-state index is 15.3. The molecule has 2 nitrogen and oxygen atoms in total. The van der Waals surface area contributed by atoms with Crippen LogP contribution in [0.5, 0.6) is 0 Å². The molecule has 48 heavy (non-hydrogen) atoms. The standard InChI is InChI=1S/C42H34F2N2.C2H6/c1-27(44)33(20-12-22-43)30-23-31(38-26-29-15-6-7-16-34(29)35-17-8-9-18-36(35)38)25-32(24-30)40-37-19-10-11-21-39(37)46-42(40)41(45-2)28-13-4-3-5-14-28;1-2/h3-10,12-20,22-27,46H,11,21H2,1-2H3;1-2H3/b22-12-,33-20+,45-41?;. The summed E-state index contributed by atoms with van der Waals surface area (Å²) in [5.41, 5.74) is 10.2. The van der Waals surface area contributed by atoms with Gasteiger partial charge in [-0.1, -0.05) is 111 Å². The van der Waals surface area contributed by atoms with Crippen LogP contribution in [0.3, 0.4) is 0 Å². The Labute approximate surface area is 281 Å². The van der Waals surface area contributed by atoms with Gasteiger partial charge in [0.15, 0.2) is 0 Å². The lowest BCUT2D eigenvalue weighted by Crippen LogP contribution is -2.06. The van der Waals surface area contributed by atoms with Gasteiger partial charge in [0.05, 0.1) is 17.7 Å². The highest BCUT2D eigenvalue weighted by molar-refractivity contribution is 6.17. The van der Waals surface area contributed by atoms with Crippen molar-refractivity contribution < 1.29 is 8.78 Å². The molecule has 0 amide bonds. The van der Waals surface area contributed by atoms with Gasteiger partial charge < -0.3 is 4.98 Å². The molecule has 1 aromatic heterocycles. The van der Waals surface area contributed by atoms with Crippen molar-refractivity contribution in [2.75, 3.05) is 7.05 Å².